The van der Waals surface area contributed by atoms with E-state index in [1.807, 2.05) is 13.8 Å². The van der Waals surface area contributed by atoms with Gasteiger partial charge in [0, 0.05) is 7.05 Å². The van der Waals surface area contributed by atoms with Crippen molar-refractivity contribution in [1.82, 2.24) is 9.80 Å². The van der Waals surface area contributed by atoms with Crippen molar-refractivity contribution in [2.24, 2.45) is 5.92 Å². The van der Waals surface area contributed by atoms with Gasteiger partial charge in [-0.3, -0.25) is 9.69 Å². The van der Waals surface area contributed by atoms with E-state index in [9.17, 15) is 9.59 Å². The number of amides is 3. The van der Waals surface area contributed by atoms with Gasteiger partial charge in [-0.15, -0.1) is 0 Å². The molecule has 0 saturated carbocycles. The first-order valence-electron chi connectivity index (χ1n) is 5.18. The van der Waals surface area contributed by atoms with Gasteiger partial charge in [0.25, 0.3) is 5.91 Å². The zero-order chi connectivity index (χ0) is 11.6. The van der Waals surface area contributed by atoms with E-state index in [1.54, 1.807) is 7.05 Å². The number of imide groups is 1. The third-order valence-electron chi connectivity index (χ3n) is 2.57. The van der Waals surface area contributed by atoms with Gasteiger partial charge < -0.3 is 10.0 Å². The molecule has 0 aromatic carbocycles. The monoisotopic (exact) mass is 214 g/mol. The normalized spacial score (nSPS) is 22.1. The summed E-state index contributed by atoms with van der Waals surface area (Å²) in [6, 6.07) is -0.663. The molecule has 86 valence electrons. The topological polar surface area (TPSA) is 60.9 Å². The molecule has 1 heterocycles. The maximum Gasteiger partial charge on any atom is 0.327 e. The van der Waals surface area contributed by atoms with E-state index >= 15 is 0 Å². The van der Waals surface area contributed by atoms with E-state index in [-0.39, 0.29) is 31.1 Å². The Hall–Kier alpha value is -1.10. The number of β-amino-alcohol motifs (C(OH)–C–C–N with tert-alkyl or cyclic N) is 1. The maximum atomic E-state index is 11.8. The van der Waals surface area contributed by atoms with Crippen molar-refractivity contribution in [2.45, 2.75) is 26.3 Å². The molecule has 5 nitrogen and oxygen atoms in total. The van der Waals surface area contributed by atoms with Crippen LogP contribution in [0.25, 0.3) is 0 Å². The molecule has 0 aliphatic carbocycles. The Balaban J connectivity index is 2.75. The van der Waals surface area contributed by atoms with Crippen molar-refractivity contribution in [2.75, 3.05) is 20.2 Å². The first kappa shape index (κ1) is 12.0. The van der Waals surface area contributed by atoms with E-state index in [2.05, 4.69) is 0 Å². The molecule has 1 aliphatic rings. The fraction of sp³-hybridized carbons (Fsp3) is 0.800. The lowest BCUT2D eigenvalue weighted by molar-refractivity contribution is -0.128. The fourth-order valence-corrected chi connectivity index (χ4v) is 1.77. The number of aliphatic hydroxyl groups excluding tert-OH is 1. The molecule has 5 heteroatoms. The van der Waals surface area contributed by atoms with Crippen LogP contribution in [0.15, 0.2) is 0 Å². The van der Waals surface area contributed by atoms with E-state index in [4.69, 9.17) is 5.11 Å². The Morgan fingerprint density at radius 2 is 2.00 bits per heavy atom. The average molecular weight is 214 g/mol. The van der Waals surface area contributed by atoms with E-state index in [0.717, 1.165) is 4.90 Å². The molecular weight excluding hydrogens is 196 g/mol. The van der Waals surface area contributed by atoms with Crippen molar-refractivity contribution in [1.29, 1.82) is 0 Å². The summed E-state index contributed by atoms with van der Waals surface area (Å²) < 4.78 is 0. The minimum atomic E-state index is -0.357. The van der Waals surface area contributed by atoms with Gasteiger partial charge in [0.15, 0.2) is 0 Å². The highest BCUT2D eigenvalue weighted by atomic mass is 16.3. The molecule has 0 spiro atoms. The second-order valence-corrected chi connectivity index (χ2v) is 4.25. The Kier molecular flexibility index (Phi) is 3.68. The predicted octanol–water partition coefficient (Wildman–Crippen LogP) is 0.287. The van der Waals surface area contributed by atoms with E-state index in [1.165, 1.54) is 4.90 Å². The molecule has 1 aliphatic heterocycles. The van der Waals surface area contributed by atoms with Crippen LogP contribution in [0.2, 0.25) is 0 Å². The van der Waals surface area contributed by atoms with Crippen LogP contribution in [0.5, 0.6) is 0 Å². The van der Waals surface area contributed by atoms with Gasteiger partial charge >= 0.3 is 6.03 Å². The number of carbonyl (C=O) groups excluding carboxylic acids is 2. The van der Waals surface area contributed by atoms with Crippen molar-refractivity contribution in [3.8, 4) is 0 Å². The first-order chi connectivity index (χ1) is 6.99. The van der Waals surface area contributed by atoms with Crippen LogP contribution in [0, 0.1) is 5.92 Å². The Morgan fingerprint density at radius 1 is 1.40 bits per heavy atom. The van der Waals surface area contributed by atoms with Crippen LogP contribution < -0.4 is 0 Å². The van der Waals surface area contributed by atoms with E-state index in [0.29, 0.717) is 12.3 Å². The van der Waals surface area contributed by atoms with Crippen molar-refractivity contribution >= 4 is 11.9 Å². The zero-order valence-electron chi connectivity index (χ0n) is 9.43. The third kappa shape index (κ3) is 2.28. The SMILES string of the molecule is CC(C)CC1C(=O)N(CCO)C(=O)N1C. The second kappa shape index (κ2) is 4.61. The molecule has 0 bridgehead atoms. The predicted molar refractivity (Wildman–Crippen MR) is 55.2 cm³/mol. The summed E-state index contributed by atoms with van der Waals surface area (Å²) in [5.74, 6) is 0.175. The van der Waals surface area contributed by atoms with Crippen LogP contribution in [-0.4, -0.2) is 53.1 Å². The largest absolute Gasteiger partial charge is 0.395 e. The van der Waals surface area contributed by atoms with Gasteiger partial charge in [0.05, 0.1) is 13.2 Å². The number of hydrogen-bond acceptors (Lipinski definition) is 3. The summed E-state index contributed by atoms with van der Waals surface area (Å²) >= 11 is 0. The summed E-state index contributed by atoms with van der Waals surface area (Å²) in [6.45, 7) is 3.94. The number of rotatable bonds is 4. The smallest absolute Gasteiger partial charge is 0.327 e. The molecule has 1 rings (SSSR count). The van der Waals surface area contributed by atoms with Gasteiger partial charge in [-0.2, -0.15) is 0 Å². The molecule has 0 aromatic heterocycles. The third-order valence-corrected chi connectivity index (χ3v) is 2.57. The van der Waals surface area contributed by atoms with Gasteiger partial charge in [0.1, 0.15) is 6.04 Å². The van der Waals surface area contributed by atoms with Gasteiger partial charge in [-0.05, 0) is 12.3 Å². The van der Waals surface area contributed by atoms with Crippen LogP contribution in [0.1, 0.15) is 20.3 Å². The Bertz CT molecular complexity index is 265. The maximum absolute atomic E-state index is 11.8. The fourth-order valence-electron chi connectivity index (χ4n) is 1.77. The summed E-state index contributed by atoms with van der Waals surface area (Å²) in [5.41, 5.74) is 0. The van der Waals surface area contributed by atoms with Crippen LogP contribution in [0.3, 0.4) is 0 Å². The molecule has 1 atom stereocenters. The number of likely N-dealkylation sites (N-methyl/N-ethyl adjacent to an activating group) is 1. The summed E-state index contributed by atoms with van der Waals surface area (Å²) in [7, 11) is 1.63. The quantitative estimate of drug-likeness (QED) is 0.684. The highest BCUT2D eigenvalue weighted by Crippen LogP contribution is 2.21. The lowest BCUT2D eigenvalue weighted by Gasteiger charge is -2.17. The van der Waals surface area contributed by atoms with Crippen molar-refractivity contribution in [3.63, 3.8) is 0 Å². The minimum Gasteiger partial charge on any atom is -0.395 e. The molecule has 0 aromatic rings. The molecule has 1 N–H and O–H groups in total. The summed E-state index contributed by atoms with van der Waals surface area (Å²) in [5, 5.41) is 8.75. The van der Waals surface area contributed by atoms with Gasteiger partial charge in [0.2, 0.25) is 0 Å². The first-order valence-corrected chi connectivity index (χ1v) is 5.18. The molecule has 3 amide bonds. The van der Waals surface area contributed by atoms with Crippen LogP contribution in [0.4, 0.5) is 4.79 Å². The number of hydrogen-bond donors (Lipinski definition) is 1. The standard InChI is InChI=1S/C10H18N2O3/c1-7(2)6-8-9(14)12(4-5-13)10(15)11(8)3/h7-8,13H,4-6H2,1-3H3. The summed E-state index contributed by atoms with van der Waals surface area (Å²) in [6.07, 6.45) is 0.670. The molecule has 1 saturated heterocycles. The van der Waals surface area contributed by atoms with Gasteiger partial charge in [-0.25, -0.2) is 4.79 Å². The van der Waals surface area contributed by atoms with Crippen LogP contribution >= 0.6 is 0 Å². The highest BCUT2D eigenvalue weighted by Gasteiger charge is 2.42. The molecule has 1 fully saturated rings. The Morgan fingerprint density at radius 3 is 2.47 bits per heavy atom. The lowest BCUT2D eigenvalue weighted by atomic mass is 10.0. The molecule has 15 heavy (non-hydrogen) atoms. The zero-order valence-corrected chi connectivity index (χ0v) is 9.43. The van der Waals surface area contributed by atoms with Gasteiger partial charge in [-0.1, -0.05) is 13.8 Å². The number of aliphatic hydroxyl groups is 1. The highest BCUT2D eigenvalue weighted by molar-refractivity contribution is 6.04. The number of nitrogens with zero attached hydrogens (tertiary/aromatic N) is 2. The Labute approximate surface area is 89.7 Å². The average Bonchev–Trinajstić information content (AvgIpc) is 2.35. The second-order valence-electron chi connectivity index (χ2n) is 4.25. The van der Waals surface area contributed by atoms with Crippen molar-refractivity contribution < 1.29 is 14.7 Å². The molecule has 1 unspecified atom stereocenters. The lowest BCUT2D eigenvalue weighted by Crippen LogP contribution is -2.34. The number of urea groups is 1. The molecule has 0 radical (unpaired) electrons. The summed E-state index contributed by atoms with van der Waals surface area (Å²) in [4.78, 5) is 26.0. The minimum absolute atomic E-state index is 0.0939. The number of carbonyl (C=O) groups is 2. The molecular formula is C10H18N2O3. The van der Waals surface area contributed by atoms with Crippen LogP contribution in [-0.2, 0) is 4.79 Å². The van der Waals surface area contributed by atoms with Crippen molar-refractivity contribution in [3.05, 3.63) is 0 Å². The van der Waals surface area contributed by atoms with E-state index < -0.39 is 0 Å².